The summed E-state index contributed by atoms with van der Waals surface area (Å²) in [6, 6.07) is 9.24. The number of nitrogens with zero attached hydrogens (tertiary/aromatic N) is 3. The van der Waals surface area contributed by atoms with Crippen molar-refractivity contribution >= 4 is 38.9 Å². The topological polar surface area (TPSA) is 135 Å². The van der Waals surface area contributed by atoms with Gasteiger partial charge in [0.2, 0.25) is 11.8 Å². The summed E-state index contributed by atoms with van der Waals surface area (Å²) in [4.78, 5) is 35.3. The average Bonchev–Trinajstić information content (AvgIpc) is 3.46. The Kier molecular flexibility index (Phi) is 6.43. The molecule has 0 bridgehead atoms. The van der Waals surface area contributed by atoms with Crippen LogP contribution in [0.15, 0.2) is 53.7 Å². The minimum Gasteiger partial charge on any atom is -0.368 e. The molecular formula is C22H23N5O4S2. The average molecular weight is 486 g/mol. The highest BCUT2D eigenvalue weighted by atomic mass is 32.2. The summed E-state index contributed by atoms with van der Waals surface area (Å²) < 4.78 is 28.0. The number of hydrogen-bond donors (Lipinski definition) is 2. The maximum atomic E-state index is 12.7. The Labute approximate surface area is 195 Å². The Morgan fingerprint density at radius 3 is 2.70 bits per heavy atom. The van der Waals surface area contributed by atoms with Gasteiger partial charge in [0.25, 0.3) is 10.0 Å². The lowest BCUT2D eigenvalue weighted by Crippen LogP contribution is -2.44. The molecule has 9 nitrogen and oxygen atoms in total. The van der Waals surface area contributed by atoms with Crippen molar-refractivity contribution in [3.05, 3.63) is 59.5 Å². The Hall–Kier alpha value is -3.31. The van der Waals surface area contributed by atoms with Gasteiger partial charge in [-0.1, -0.05) is 18.2 Å². The van der Waals surface area contributed by atoms with Gasteiger partial charge < -0.3 is 10.6 Å². The van der Waals surface area contributed by atoms with E-state index in [1.54, 1.807) is 43.6 Å². The number of carbonyl (C=O) groups is 2. The molecule has 0 spiro atoms. The van der Waals surface area contributed by atoms with E-state index < -0.39 is 22.0 Å². The number of thiazole rings is 1. The maximum Gasteiger partial charge on any atom is 0.261 e. The highest BCUT2D eigenvalue weighted by Gasteiger charge is 2.32. The van der Waals surface area contributed by atoms with Crippen LogP contribution in [0.4, 0.5) is 5.69 Å². The molecule has 1 aliphatic heterocycles. The SMILES string of the molecule is Cc1ncc(-c2cnc(CC(=O)N3CCC[C@H]3C(N)=O)s2)cc1NS(=O)(=O)c1ccccc1. The summed E-state index contributed by atoms with van der Waals surface area (Å²) in [6.45, 7) is 2.23. The van der Waals surface area contributed by atoms with Crippen LogP contribution in [0.25, 0.3) is 10.4 Å². The van der Waals surface area contributed by atoms with Crippen molar-refractivity contribution in [3.8, 4) is 10.4 Å². The third-order valence-corrected chi connectivity index (χ3v) is 7.85. The van der Waals surface area contributed by atoms with Crippen molar-refractivity contribution in [1.82, 2.24) is 14.9 Å². The Morgan fingerprint density at radius 2 is 1.97 bits per heavy atom. The molecule has 1 atom stereocenters. The third-order valence-electron chi connectivity index (χ3n) is 5.43. The summed E-state index contributed by atoms with van der Waals surface area (Å²) >= 11 is 1.32. The predicted molar refractivity (Wildman–Crippen MR) is 125 cm³/mol. The number of amides is 2. The summed E-state index contributed by atoms with van der Waals surface area (Å²) in [5, 5.41) is 0.595. The number of pyridine rings is 1. The lowest BCUT2D eigenvalue weighted by molar-refractivity contribution is -0.136. The van der Waals surface area contributed by atoms with Gasteiger partial charge in [-0.15, -0.1) is 11.3 Å². The first kappa shape index (κ1) is 22.9. The summed E-state index contributed by atoms with van der Waals surface area (Å²) in [5.74, 6) is -0.674. The maximum absolute atomic E-state index is 12.7. The van der Waals surface area contributed by atoms with Crippen LogP contribution in [0.5, 0.6) is 0 Å². The highest BCUT2D eigenvalue weighted by Crippen LogP contribution is 2.30. The molecule has 0 radical (unpaired) electrons. The van der Waals surface area contributed by atoms with E-state index in [-0.39, 0.29) is 17.2 Å². The molecule has 172 valence electrons. The molecule has 2 amide bonds. The lowest BCUT2D eigenvalue weighted by Gasteiger charge is -2.21. The monoisotopic (exact) mass is 485 g/mol. The molecule has 33 heavy (non-hydrogen) atoms. The van der Waals surface area contributed by atoms with Crippen molar-refractivity contribution < 1.29 is 18.0 Å². The quantitative estimate of drug-likeness (QED) is 0.527. The van der Waals surface area contributed by atoms with Crippen LogP contribution in [0.1, 0.15) is 23.5 Å². The van der Waals surface area contributed by atoms with Gasteiger partial charge in [-0.2, -0.15) is 0 Å². The van der Waals surface area contributed by atoms with E-state index in [9.17, 15) is 18.0 Å². The number of hydrogen-bond acceptors (Lipinski definition) is 7. The second-order valence-electron chi connectivity index (χ2n) is 7.72. The van der Waals surface area contributed by atoms with E-state index >= 15 is 0 Å². The van der Waals surface area contributed by atoms with Gasteiger partial charge in [0.1, 0.15) is 11.0 Å². The molecule has 4 rings (SSSR count). The fourth-order valence-electron chi connectivity index (χ4n) is 3.69. The van der Waals surface area contributed by atoms with Crippen molar-refractivity contribution in [2.24, 2.45) is 5.73 Å². The molecule has 1 aromatic carbocycles. The summed E-state index contributed by atoms with van der Waals surface area (Å²) in [6.07, 6.45) is 4.67. The fourth-order valence-corrected chi connectivity index (χ4v) is 5.71. The van der Waals surface area contributed by atoms with E-state index in [0.717, 1.165) is 11.3 Å². The molecule has 1 aliphatic rings. The van der Waals surface area contributed by atoms with Crippen molar-refractivity contribution in [1.29, 1.82) is 0 Å². The second-order valence-corrected chi connectivity index (χ2v) is 10.5. The molecule has 11 heteroatoms. The largest absolute Gasteiger partial charge is 0.368 e. The summed E-state index contributed by atoms with van der Waals surface area (Å²) in [7, 11) is -3.76. The zero-order valence-electron chi connectivity index (χ0n) is 17.9. The Balaban J connectivity index is 1.52. The lowest BCUT2D eigenvalue weighted by atomic mass is 10.2. The van der Waals surface area contributed by atoms with Gasteiger partial charge in [-0.05, 0) is 38.0 Å². The number of likely N-dealkylation sites (tertiary alicyclic amines) is 1. The van der Waals surface area contributed by atoms with E-state index in [0.29, 0.717) is 34.9 Å². The first-order valence-corrected chi connectivity index (χ1v) is 12.6. The number of benzene rings is 1. The van der Waals surface area contributed by atoms with Crippen LogP contribution >= 0.6 is 11.3 Å². The Morgan fingerprint density at radius 1 is 1.21 bits per heavy atom. The number of rotatable bonds is 7. The molecule has 1 fully saturated rings. The first-order chi connectivity index (χ1) is 15.7. The second kappa shape index (κ2) is 9.28. The van der Waals surface area contributed by atoms with E-state index in [4.69, 9.17) is 5.73 Å². The Bertz CT molecular complexity index is 1290. The van der Waals surface area contributed by atoms with Crippen LogP contribution in [0, 0.1) is 6.92 Å². The number of sulfonamides is 1. The molecule has 0 aliphatic carbocycles. The number of carbonyl (C=O) groups excluding carboxylic acids is 2. The van der Waals surface area contributed by atoms with Crippen molar-refractivity contribution in [3.63, 3.8) is 0 Å². The molecule has 3 aromatic rings. The minimum absolute atomic E-state index is 0.0707. The number of aryl methyl sites for hydroxylation is 1. The number of nitrogens with two attached hydrogens (primary N) is 1. The van der Waals surface area contributed by atoms with Gasteiger partial charge in [-0.25, -0.2) is 13.4 Å². The molecule has 3 N–H and O–H groups in total. The molecule has 0 unspecified atom stereocenters. The standard InChI is InChI=1S/C22H23N5O4S2/c1-14-17(26-33(30,31)16-6-3-2-4-7-16)10-15(12-24-14)19-13-25-20(32-19)11-21(28)27-9-5-8-18(27)22(23)29/h2-4,6-7,10,12-13,18,26H,5,8-9,11H2,1H3,(H2,23,29)/t18-/m0/s1. The van der Waals surface area contributed by atoms with Crippen molar-refractivity contribution in [2.75, 3.05) is 11.3 Å². The van der Waals surface area contributed by atoms with E-state index in [1.165, 1.54) is 28.4 Å². The van der Waals surface area contributed by atoms with Crippen LogP contribution in [0.3, 0.4) is 0 Å². The van der Waals surface area contributed by atoms with Gasteiger partial charge in [0.15, 0.2) is 0 Å². The van der Waals surface area contributed by atoms with Gasteiger partial charge in [0.05, 0.1) is 27.6 Å². The third kappa shape index (κ3) is 5.04. The van der Waals surface area contributed by atoms with Gasteiger partial charge in [0, 0.05) is 24.5 Å². The van der Waals surface area contributed by atoms with Crippen LogP contribution in [-0.4, -0.2) is 47.7 Å². The first-order valence-electron chi connectivity index (χ1n) is 10.3. The van der Waals surface area contributed by atoms with E-state index in [2.05, 4.69) is 14.7 Å². The van der Waals surface area contributed by atoms with Crippen LogP contribution in [0.2, 0.25) is 0 Å². The zero-order valence-corrected chi connectivity index (χ0v) is 19.5. The number of primary amides is 1. The molecule has 3 heterocycles. The molecule has 0 saturated carbocycles. The normalized spacial score (nSPS) is 16.0. The number of aromatic nitrogens is 2. The van der Waals surface area contributed by atoms with Crippen LogP contribution < -0.4 is 10.5 Å². The zero-order chi connectivity index (χ0) is 23.6. The smallest absolute Gasteiger partial charge is 0.261 e. The molecule has 1 saturated heterocycles. The molecule has 2 aromatic heterocycles. The summed E-state index contributed by atoms with van der Waals surface area (Å²) in [5.41, 5.74) is 6.98. The fraction of sp³-hybridized carbons (Fsp3) is 0.273. The molecular weight excluding hydrogens is 462 g/mol. The van der Waals surface area contributed by atoms with Gasteiger partial charge in [-0.3, -0.25) is 19.3 Å². The van der Waals surface area contributed by atoms with Crippen LogP contribution in [-0.2, 0) is 26.0 Å². The van der Waals surface area contributed by atoms with E-state index in [1.807, 2.05) is 0 Å². The number of anilines is 1. The predicted octanol–water partition coefficient (Wildman–Crippen LogP) is 2.33. The highest BCUT2D eigenvalue weighted by molar-refractivity contribution is 7.92. The van der Waals surface area contributed by atoms with Crippen molar-refractivity contribution in [2.45, 2.75) is 37.1 Å². The van der Waals surface area contributed by atoms with Gasteiger partial charge >= 0.3 is 0 Å². The minimum atomic E-state index is -3.76. The number of nitrogens with one attached hydrogen (secondary N) is 1.